The first-order valence-corrected chi connectivity index (χ1v) is 8.84. The quantitative estimate of drug-likeness (QED) is 0.796. The van der Waals surface area contributed by atoms with Crippen molar-refractivity contribution in [2.24, 2.45) is 0 Å². The fraction of sp³-hybridized carbons (Fsp3) is 0.368. The highest BCUT2D eigenvalue weighted by Gasteiger charge is 2.19. The summed E-state index contributed by atoms with van der Waals surface area (Å²) in [5.74, 6) is 0. The first-order valence-electron chi connectivity index (χ1n) is 8.08. The van der Waals surface area contributed by atoms with E-state index in [1.807, 2.05) is 48.5 Å². The molecular weight excluding hydrogens is 329 g/mol. The van der Waals surface area contributed by atoms with E-state index in [4.69, 9.17) is 27.9 Å². The SMILES string of the molecule is Clc1ccc(C(OCC2CCCCN2)c2ccc(Cl)cc2)cc1. The molecule has 0 amide bonds. The van der Waals surface area contributed by atoms with E-state index in [1.165, 1.54) is 19.3 Å². The Kier molecular flexibility index (Phi) is 5.96. The Balaban J connectivity index is 1.77. The lowest BCUT2D eigenvalue weighted by Crippen LogP contribution is -2.38. The topological polar surface area (TPSA) is 21.3 Å². The van der Waals surface area contributed by atoms with Crippen molar-refractivity contribution in [1.82, 2.24) is 5.32 Å². The Morgan fingerprint density at radius 1 is 0.913 bits per heavy atom. The zero-order valence-electron chi connectivity index (χ0n) is 13.0. The molecule has 1 unspecified atom stereocenters. The van der Waals surface area contributed by atoms with E-state index in [-0.39, 0.29) is 6.10 Å². The summed E-state index contributed by atoms with van der Waals surface area (Å²) in [4.78, 5) is 0. The predicted molar refractivity (Wildman–Crippen MR) is 96.3 cm³/mol. The minimum Gasteiger partial charge on any atom is -0.367 e. The summed E-state index contributed by atoms with van der Waals surface area (Å²) in [6.07, 6.45) is 3.60. The van der Waals surface area contributed by atoms with E-state index in [2.05, 4.69) is 5.32 Å². The highest BCUT2D eigenvalue weighted by atomic mass is 35.5. The molecule has 122 valence electrons. The van der Waals surface area contributed by atoms with Crippen molar-refractivity contribution in [3.05, 3.63) is 69.7 Å². The Hall–Kier alpha value is -1.06. The van der Waals surface area contributed by atoms with Gasteiger partial charge in [-0.05, 0) is 54.8 Å². The van der Waals surface area contributed by atoms with Crippen LogP contribution in [0.4, 0.5) is 0 Å². The van der Waals surface area contributed by atoms with Gasteiger partial charge in [0.1, 0.15) is 6.10 Å². The normalized spacial score (nSPS) is 18.3. The monoisotopic (exact) mass is 349 g/mol. The second kappa shape index (κ2) is 8.16. The molecule has 0 spiro atoms. The number of ether oxygens (including phenoxy) is 1. The molecule has 3 rings (SSSR count). The lowest BCUT2D eigenvalue weighted by atomic mass is 10.0. The predicted octanol–water partition coefficient (Wildman–Crippen LogP) is 5.24. The third-order valence-electron chi connectivity index (χ3n) is 4.22. The number of piperidine rings is 1. The fourth-order valence-electron chi connectivity index (χ4n) is 2.94. The van der Waals surface area contributed by atoms with Crippen LogP contribution in [-0.2, 0) is 4.74 Å². The molecule has 2 aromatic rings. The van der Waals surface area contributed by atoms with E-state index >= 15 is 0 Å². The van der Waals surface area contributed by atoms with Crippen LogP contribution in [0.15, 0.2) is 48.5 Å². The van der Waals surface area contributed by atoms with E-state index in [1.54, 1.807) is 0 Å². The molecule has 2 nitrogen and oxygen atoms in total. The molecule has 1 fully saturated rings. The van der Waals surface area contributed by atoms with Gasteiger partial charge in [0.15, 0.2) is 0 Å². The summed E-state index contributed by atoms with van der Waals surface area (Å²) in [7, 11) is 0. The van der Waals surface area contributed by atoms with E-state index < -0.39 is 0 Å². The molecule has 1 N–H and O–H groups in total. The number of nitrogens with one attached hydrogen (secondary N) is 1. The molecule has 1 saturated heterocycles. The molecule has 0 bridgehead atoms. The maximum atomic E-state index is 6.28. The molecule has 23 heavy (non-hydrogen) atoms. The van der Waals surface area contributed by atoms with Gasteiger partial charge in [0.25, 0.3) is 0 Å². The summed E-state index contributed by atoms with van der Waals surface area (Å²) in [6, 6.07) is 16.1. The summed E-state index contributed by atoms with van der Waals surface area (Å²) < 4.78 is 6.28. The molecule has 1 atom stereocenters. The maximum Gasteiger partial charge on any atom is 0.108 e. The Bertz CT molecular complexity index is 561. The van der Waals surface area contributed by atoms with Crippen molar-refractivity contribution in [1.29, 1.82) is 0 Å². The van der Waals surface area contributed by atoms with Gasteiger partial charge in [-0.3, -0.25) is 0 Å². The molecule has 0 aliphatic carbocycles. The van der Waals surface area contributed by atoms with Crippen LogP contribution in [0.25, 0.3) is 0 Å². The number of halogens is 2. The van der Waals surface area contributed by atoms with Crippen LogP contribution in [0.5, 0.6) is 0 Å². The van der Waals surface area contributed by atoms with Gasteiger partial charge in [-0.1, -0.05) is 53.9 Å². The molecule has 0 aromatic heterocycles. The largest absolute Gasteiger partial charge is 0.367 e. The molecule has 1 aliphatic rings. The van der Waals surface area contributed by atoms with E-state index in [0.29, 0.717) is 12.6 Å². The van der Waals surface area contributed by atoms with Crippen LogP contribution >= 0.6 is 23.2 Å². The number of hydrogen-bond acceptors (Lipinski definition) is 2. The van der Waals surface area contributed by atoms with E-state index in [0.717, 1.165) is 27.7 Å². The lowest BCUT2D eigenvalue weighted by molar-refractivity contribution is 0.0566. The smallest absolute Gasteiger partial charge is 0.108 e. The van der Waals surface area contributed by atoms with Gasteiger partial charge < -0.3 is 10.1 Å². The first-order chi connectivity index (χ1) is 11.2. The molecule has 2 aromatic carbocycles. The molecule has 0 radical (unpaired) electrons. The highest BCUT2D eigenvalue weighted by molar-refractivity contribution is 6.30. The number of benzene rings is 2. The standard InChI is InChI=1S/C19H21Cl2NO/c20-16-8-4-14(5-9-16)19(15-6-10-17(21)11-7-15)23-13-18-3-1-2-12-22-18/h4-11,18-19,22H,1-3,12-13H2. The zero-order chi connectivity index (χ0) is 16.1. The van der Waals surface area contributed by atoms with Crippen LogP contribution in [0, 0.1) is 0 Å². The highest BCUT2D eigenvalue weighted by Crippen LogP contribution is 2.28. The van der Waals surface area contributed by atoms with Crippen LogP contribution in [0.1, 0.15) is 36.5 Å². The van der Waals surface area contributed by atoms with Crippen molar-refractivity contribution >= 4 is 23.2 Å². The van der Waals surface area contributed by atoms with Gasteiger partial charge in [-0.25, -0.2) is 0 Å². The molecule has 1 heterocycles. The second-order valence-electron chi connectivity index (χ2n) is 5.96. The number of rotatable bonds is 5. The van der Waals surface area contributed by atoms with Crippen molar-refractivity contribution in [3.8, 4) is 0 Å². The van der Waals surface area contributed by atoms with Crippen molar-refractivity contribution in [3.63, 3.8) is 0 Å². The van der Waals surface area contributed by atoms with Gasteiger partial charge in [0.2, 0.25) is 0 Å². The van der Waals surface area contributed by atoms with Crippen molar-refractivity contribution < 1.29 is 4.74 Å². The summed E-state index contributed by atoms with van der Waals surface area (Å²) in [6.45, 7) is 1.79. The molecule has 0 saturated carbocycles. The summed E-state index contributed by atoms with van der Waals surface area (Å²) >= 11 is 12.0. The molecular formula is C19H21Cl2NO. The zero-order valence-corrected chi connectivity index (χ0v) is 14.5. The Morgan fingerprint density at radius 3 is 1.96 bits per heavy atom. The van der Waals surface area contributed by atoms with Gasteiger partial charge in [0, 0.05) is 16.1 Å². The van der Waals surface area contributed by atoms with Gasteiger partial charge in [-0.15, -0.1) is 0 Å². The third kappa shape index (κ3) is 4.71. The Morgan fingerprint density at radius 2 is 1.48 bits per heavy atom. The minimum atomic E-state index is -0.103. The van der Waals surface area contributed by atoms with Gasteiger partial charge in [-0.2, -0.15) is 0 Å². The van der Waals surface area contributed by atoms with Crippen LogP contribution in [0.3, 0.4) is 0 Å². The summed E-state index contributed by atoms with van der Waals surface area (Å²) in [5.41, 5.74) is 2.21. The fourth-order valence-corrected chi connectivity index (χ4v) is 3.19. The first kappa shape index (κ1) is 16.8. The van der Waals surface area contributed by atoms with Crippen LogP contribution in [0.2, 0.25) is 10.0 Å². The van der Waals surface area contributed by atoms with Crippen LogP contribution in [-0.4, -0.2) is 19.2 Å². The minimum absolute atomic E-state index is 0.103. The third-order valence-corrected chi connectivity index (χ3v) is 4.73. The van der Waals surface area contributed by atoms with E-state index in [9.17, 15) is 0 Å². The van der Waals surface area contributed by atoms with Crippen molar-refractivity contribution in [2.45, 2.75) is 31.4 Å². The van der Waals surface area contributed by atoms with Crippen LogP contribution < -0.4 is 5.32 Å². The molecule has 1 aliphatic heterocycles. The van der Waals surface area contributed by atoms with Gasteiger partial charge in [0.05, 0.1) is 6.61 Å². The average molecular weight is 350 g/mol. The summed E-state index contributed by atoms with van der Waals surface area (Å²) in [5, 5.41) is 5.00. The maximum absolute atomic E-state index is 6.28. The lowest BCUT2D eigenvalue weighted by Gasteiger charge is -2.26. The molecule has 4 heteroatoms. The Labute approximate surface area is 147 Å². The average Bonchev–Trinajstić information content (AvgIpc) is 2.59. The second-order valence-corrected chi connectivity index (χ2v) is 6.84. The number of hydrogen-bond donors (Lipinski definition) is 1. The van der Waals surface area contributed by atoms with Crippen molar-refractivity contribution in [2.75, 3.05) is 13.2 Å². The van der Waals surface area contributed by atoms with Gasteiger partial charge >= 0.3 is 0 Å².